The Bertz CT molecular complexity index is 887. The zero-order valence-electron chi connectivity index (χ0n) is 15.8. The molecule has 28 heavy (non-hydrogen) atoms. The number of amides is 3. The van der Waals surface area contributed by atoms with E-state index >= 15 is 0 Å². The van der Waals surface area contributed by atoms with Crippen LogP contribution in [0.2, 0.25) is 5.02 Å². The number of nitrogens with one attached hydrogen (secondary N) is 1. The van der Waals surface area contributed by atoms with Crippen LogP contribution in [0.25, 0.3) is 0 Å². The zero-order chi connectivity index (χ0) is 20.3. The minimum Gasteiger partial charge on any atom is -0.324 e. The summed E-state index contributed by atoms with van der Waals surface area (Å²) >= 11 is 7.67. The van der Waals surface area contributed by atoms with Crippen LogP contribution >= 0.6 is 23.4 Å². The standard InChI is InChI=1S/C21H21ClN2O3S/c1-13-10-14(2)19(17(22)11-13)23-18(25)12-28-9-5-8-24-20(26)15-6-3-4-7-16(15)21(24)27/h3-4,6-7,10-11H,5,8-9,12H2,1-2H3,(H,23,25). The molecule has 1 aliphatic rings. The predicted molar refractivity (Wildman–Crippen MR) is 113 cm³/mol. The maximum absolute atomic E-state index is 12.3. The molecule has 7 heteroatoms. The summed E-state index contributed by atoms with van der Waals surface area (Å²) in [5, 5.41) is 3.38. The number of rotatable bonds is 7. The lowest BCUT2D eigenvalue weighted by Crippen LogP contribution is -2.31. The SMILES string of the molecule is Cc1cc(C)c(NC(=O)CSCCCN2C(=O)c3ccccc3C2=O)c(Cl)c1. The molecule has 0 unspecified atom stereocenters. The Hall–Kier alpha value is -2.31. The molecule has 1 aliphatic heterocycles. The first kappa shape index (κ1) is 20.4. The highest BCUT2D eigenvalue weighted by Gasteiger charge is 2.34. The highest BCUT2D eigenvalue weighted by atomic mass is 35.5. The normalized spacial score (nSPS) is 13.0. The second-order valence-electron chi connectivity index (χ2n) is 6.70. The minimum absolute atomic E-state index is 0.125. The minimum atomic E-state index is -0.243. The van der Waals surface area contributed by atoms with Crippen molar-refractivity contribution in [3.63, 3.8) is 0 Å². The van der Waals surface area contributed by atoms with Gasteiger partial charge in [0.05, 0.1) is 27.6 Å². The van der Waals surface area contributed by atoms with Crippen LogP contribution in [0.1, 0.15) is 38.3 Å². The van der Waals surface area contributed by atoms with Crippen LogP contribution in [0.15, 0.2) is 36.4 Å². The molecule has 0 radical (unpaired) electrons. The maximum atomic E-state index is 12.3. The summed E-state index contributed by atoms with van der Waals surface area (Å²) in [5.41, 5.74) is 3.54. The summed E-state index contributed by atoms with van der Waals surface area (Å²) < 4.78 is 0. The maximum Gasteiger partial charge on any atom is 0.261 e. The third-order valence-electron chi connectivity index (χ3n) is 4.48. The fraction of sp³-hybridized carbons (Fsp3) is 0.286. The van der Waals surface area contributed by atoms with Gasteiger partial charge in [-0.3, -0.25) is 19.3 Å². The van der Waals surface area contributed by atoms with E-state index in [0.29, 0.717) is 40.6 Å². The van der Waals surface area contributed by atoms with Crippen molar-refractivity contribution in [1.29, 1.82) is 0 Å². The van der Waals surface area contributed by atoms with Crippen molar-refractivity contribution in [2.75, 3.05) is 23.4 Å². The fourth-order valence-corrected chi connectivity index (χ4v) is 4.28. The Morgan fingerprint density at radius 2 is 1.75 bits per heavy atom. The van der Waals surface area contributed by atoms with Crippen molar-refractivity contribution in [1.82, 2.24) is 4.90 Å². The summed E-state index contributed by atoms with van der Waals surface area (Å²) in [6.07, 6.45) is 0.633. The van der Waals surface area contributed by atoms with E-state index in [4.69, 9.17) is 11.6 Å². The van der Waals surface area contributed by atoms with E-state index in [1.165, 1.54) is 16.7 Å². The molecule has 0 spiro atoms. The topological polar surface area (TPSA) is 66.5 Å². The van der Waals surface area contributed by atoms with Crippen molar-refractivity contribution in [3.8, 4) is 0 Å². The van der Waals surface area contributed by atoms with Gasteiger partial charge >= 0.3 is 0 Å². The lowest BCUT2D eigenvalue weighted by Gasteiger charge is -2.13. The van der Waals surface area contributed by atoms with Crippen molar-refractivity contribution in [2.45, 2.75) is 20.3 Å². The quantitative estimate of drug-likeness (QED) is 0.539. The summed E-state index contributed by atoms with van der Waals surface area (Å²) in [5.74, 6) is 0.341. The second kappa shape index (κ2) is 8.80. The van der Waals surface area contributed by atoms with Crippen LogP contribution in [0, 0.1) is 13.8 Å². The number of fused-ring (bicyclic) bond motifs is 1. The molecular formula is C21H21ClN2O3S. The van der Waals surface area contributed by atoms with Gasteiger partial charge in [-0.15, -0.1) is 0 Å². The Morgan fingerprint density at radius 3 is 2.36 bits per heavy atom. The van der Waals surface area contributed by atoms with Gasteiger partial charge in [0.25, 0.3) is 11.8 Å². The van der Waals surface area contributed by atoms with Gasteiger partial charge in [0.1, 0.15) is 0 Å². The molecule has 0 atom stereocenters. The van der Waals surface area contributed by atoms with Gasteiger partial charge in [0.15, 0.2) is 0 Å². The van der Waals surface area contributed by atoms with E-state index in [9.17, 15) is 14.4 Å². The second-order valence-corrected chi connectivity index (χ2v) is 8.21. The number of benzene rings is 2. The van der Waals surface area contributed by atoms with Crippen LogP contribution in [-0.4, -0.2) is 40.7 Å². The molecule has 5 nitrogen and oxygen atoms in total. The number of imide groups is 1. The number of thioether (sulfide) groups is 1. The number of hydrogen-bond acceptors (Lipinski definition) is 4. The van der Waals surface area contributed by atoms with Gasteiger partial charge < -0.3 is 5.32 Å². The first-order chi connectivity index (χ1) is 13.4. The molecule has 0 saturated carbocycles. The molecule has 2 aromatic rings. The third kappa shape index (κ3) is 4.39. The van der Waals surface area contributed by atoms with Crippen LogP contribution in [0.4, 0.5) is 5.69 Å². The Balaban J connectivity index is 1.43. The van der Waals surface area contributed by atoms with E-state index in [0.717, 1.165) is 11.1 Å². The van der Waals surface area contributed by atoms with Gasteiger partial charge in [-0.25, -0.2) is 0 Å². The number of hydrogen-bond donors (Lipinski definition) is 1. The van der Waals surface area contributed by atoms with Gasteiger partial charge in [-0.05, 0) is 55.3 Å². The van der Waals surface area contributed by atoms with E-state index < -0.39 is 0 Å². The summed E-state index contributed by atoms with van der Waals surface area (Å²) in [4.78, 5) is 38.0. The Kier molecular flexibility index (Phi) is 6.42. The number of aryl methyl sites for hydroxylation is 2. The molecule has 2 aromatic carbocycles. The lowest BCUT2D eigenvalue weighted by atomic mass is 10.1. The molecular weight excluding hydrogens is 396 g/mol. The molecule has 0 aromatic heterocycles. The molecule has 0 fully saturated rings. The van der Waals surface area contributed by atoms with Crippen LogP contribution in [-0.2, 0) is 4.79 Å². The largest absolute Gasteiger partial charge is 0.324 e. The predicted octanol–water partition coefficient (Wildman–Crippen LogP) is 4.31. The summed E-state index contributed by atoms with van der Waals surface area (Å²) in [6.45, 7) is 4.21. The molecule has 0 saturated heterocycles. The zero-order valence-corrected chi connectivity index (χ0v) is 17.3. The van der Waals surface area contributed by atoms with Crippen LogP contribution in [0.3, 0.4) is 0 Å². The van der Waals surface area contributed by atoms with E-state index in [1.54, 1.807) is 24.3 Å². The smallest absolute Gasteiger partial charge is 0.261 e. The number of halogens is 1. The number of carbonyl (C=O) groups is 3. The number of nitrogens with zero attached hydrogens (tertiary/aromatic N) is 1. The van der Waals surface area contributed by atoms with Crippen molar-refractivity contribution >= 4 is 46.8 Å². The van der Waals surface area contributed by atoms with Gasteiger partial charge in [-0.1, -0.05) is 29.8 Å². The molecule has 1 heterocycles. The Morgan fingerprint density at radius 1 is 1.11 bits per heavy atom. The van der Waals surface area contributed by atoms with E-state index in [1.807, 2.05) is 26.0 Å². The molecule has 0 bridgehead atoms. The highest BCUT2D eigenvalue weighted by Crippen LogP contribution is 2.27. The van der Waals surface area contributed by atoms with Gasteiger partial charge in [0.2, 0.25) is 5.91 Å². The van der Waals surface area contributed by atoms with Crippen LogP contribution < -0.4 is 5.32 Å². The molecule has 1 N–H and O–H groups in total. The number of anilines is 1. The average molecular weight is 417 g/mol. The average Bonchev–Trinajstić information content (AvgIpc) is 2.89. The van der Waals surface area contributed by atoms with Crippen LogP contribution in [0.5, 0.6) is 0 Å². The van der Waals surface area contributed by atoms with Crippen molar-refractivity contribution in [2.24, 2.45) is 0 Å². The third-order valence-corrected chi connectivity index (χ3v) is 5.82. The summed E-state index contributed by atoms with van der Waals surface area (Å²) in [6, 6.07) is 10.6. The lowest BCUT2D eigenvalue weighted by molar-refractivity contribution is -0.113. The fourth-order valence-electron chi connectivity index (χ4n) is 3.18. The molecule has 3 amide bonds. The molecule has 3 rings (SSSR count). The van der Waals surface area contributed by atoms with Gasteiger partial charge in [-0.2, -0.15) is 11.8 Å². The van der Waals surface area contributed by atoms with Crippen molar-refractivity contribution < 1.29 is 14.4 Å². The van der Waals surface area contributed by atoms with E-state index in [2.05, 4.69) is 5.32 Å². The monoisotopic (exact) mass is 416 g/mol. The number of carbonyl (C=O) groups excluding carboxylic acids is 3. The first-order valence-electron chi connectivity index (χ1n) is 8.98. The molecule has 146 valence electrons. The molecule has 0 aliphatic carbocycles. The first-order valence-corrected chi connectivity index (χ1v) is 10.5. The van der Waals surface area contributed by atoms with Crippen molar-refractivity contribution in [3.05, 3.63) is 63.7 Å². The van der Waals surface area contributed by atoms with E-state index in [-0.39, 0.29) is 23.5 Å². The Labute approximate surface area is 173 Å². The highest BCUT2D eigenvalue weighted by molar-refractivity contribution is 7.99. The van der Waals surface area contributed by atoms with Gasteiger partial charge in [0, 0.05) is 6.54 Å². The summed E-state index contributed by atoms with van der Waals surface area (Å²) in [7, 11) is 0.